The van der Waals surface area contributed by atoms with Gasteiger partial charge in [-0.2, -0.15) is 0 Å². The number of hydrogen-bond donors (Lipinski definition) is 0. The Balaban J connectivity index is 1.83. The van der Waals surface area contributed by atoms with E-state index < -0.39 is 11.6 Å². The first-order valence-corrected chi connectivity index (χ1v) is 5.74. The zero-order chi connectivity index (χ0) is 12.2. The van der Waals surface area contributed by atoms with Crippen LogP contribution in [-0.2, 0) is 23.8 Å². The van der Waals surface area contributed by atoms with Gasteiger partial charge in [0.1, 0.15) is 11.7 Å². The summed E-state index contributed by atoms with van der Waals surface area (Å²) in [5, 5.41) is 0. The summed E-state index contributed by atoms with van der Waals surface area (Å²) in [5.41, 5.74) is -0.597. The maximum atomic E-state index is 11.5. The van der Waals surface area contributed by atoms with Crippen molar-refractivity contribution < 1.29 is 23.8 Å². The Bertz CT molecular complexity index is 404. The number of ether oxygens (including phenoxy) is 3. The monoisotopic (exact) mass is 238 g/mol. The molecule has 0 radical (unpaired) electrons. The highest BCUT2D eigenvalue weighted by Crippen LogP contribution is 2.54. The number of carbonyl (C=O) groups excluding carboxylic acids is 2. The third-order valence-corrected chi connectivity index (χ3v) is 4.16. The summed E-state index contributed by atoms with van der Waals surface area (Å²) in [6.07, 6.45) is 1.21. The third kappa shape index (κ3) is 1.29. The van der Waals surface area contributed by atoms with Gasteiger partial charge in [-0.1, -0.05) is 6.58 Å². The highest BCUT2D eigenvalue weighted by molar-refractivity contribution is 5.81. The van der Waals surface area contributed by atoms with Gasteiger partial charge in [0.25, 0.3) is 0 Å². The molecule has 0 aromatic carbocycles. The van der Waals surface area contributed by atoms with E-state index >= 15 is 0 Å². The molecule has 3 saturated heterocycles. The minimum atomic E-state index is -0.597. The molecule has 0 aliphatic carbocycles. The van der Waals surface area contributed by atoms with Crippen LogP contribution in [0.2, 0.25) is 0 Å². The molecule has 0 saturated carbocycles. The van der Waals surface area contributed by atoms with Gasteiger partial charge < -0.3 is 14.2 Å². The van der Waals surface area contributed by atoms with Gasteiger partial charge in [-0.05, 0) is 6.92 Å². The number of fused-ring (bicyclic) bond motifs is 5. The van der Waals surface area contributed by atoms with Gasteiger partial charge >= 0.3 is 11.9 Å². The Labute approximate surface area is 98.7 Å². The van der Waals surface area contributed by atoms with Gasteiger partial charge in [0.05, 0.1) is 18.6 Å². The molecule has 3 rings (SSSR count). The van der Waals surface area contributed by atoms with E-state index in [1.807, 2.05) is 6.92 Å². The molecular weight excluding hydrogens is 224 g/mol. The van der Waals surface area contributed by atoms with Crippen molar-refractivity contribution >= 4 is 11.9 Å². The van der Waals surface area contributed by atoms with Crippen LogP contribution in [0.5, 0.6) is 0 Å². The van der Waals surface area contributed by atoms with Gasteiger partial charge in [-0.15, -0.1) is 0 Å². The topological polar surface area (TPSA) is 61.8 Å². The fraction of sp³-hybridized carbons (Fsp3) is 0.667. The number of esters is 2. The molecule has 2 bridgehead atoms. The molecule has 3 aliphatic heterocycles. The van der Waals surface area contributed by atoms with Crippen molar-refractivity contribution in [3.05, 3.63) is 12.7 Å². The zero-order valence-corrected chi connectivity index (χ0v) is 9.55. The average Bonchev–Trinajstić information content (AvgIpc) is 2.89. The van der Waals surface area contributed by atoms with Crippen molar-refractivity contribution in [3.8, 4) is 0 Å². The molecule has 0 N–H and O–H groups in total. The molecule has 0 spiro atoms. The first kappa shape index (κ1) is 10.8. The summed E-state index contributed by atoms with van der Waals surface area (Å²) in [5.74, 6) is -0.818. The van der Waals surface area contributed by atoms with E-state index in [9.17, 15) is 9.59 Å². The second kappa shape index (κ2) is 3.32. The van der Waals surface area contributed by atoms with Crippen LogP contribution in [0.4, 0.5) is 0 Å². The number of cyclic esters (lactones) is 1. The van der Waals surface area contributed by atoms with Crippen molar-refractivity contribution in [3.63, 3.8) is 0 Å². The predicted molar refractivity (Wildman–Crippen MR) is 55.9 cm³/mol. The molecule has 0 amide bonds. The Morgan fingerprint density at radius 3 is 3.12 bits per heavy atom. The van der Waals surface area contributed by atoms with Gasteiger partial charge in [-0.25, -0.2) is 4.79 Å². The summed E-state index contributed by atoms with van der Waals surface area (Å²) in [4.78, 5) is 22.8. The van der Waals surface area contributed by atoms with E-state index in [1.54, 1.807) is 0 Å². The molecule has 0 aromatic heterocycles. The minimum absolute atomic E-state index is 0.00337. The smallest absolute Gasteiger partial charge is 0.330 e. The maximum absolute atomic E-state index is 11.5. The van der Waals surface area contributed by atoms with Crippen molar-refractivity contribution in [2.75, 3.05) is 6.61 Å². The van der Waals surface area contributed by atoms with E-state index in [2.05, 4.69) is 6.58 Å². The maximum Gasteiger partial charge on any atom is 0.330 e. The number of hydrogen-bond acceptors (Lipinski definition) is 5. The summed E-state index contributed by atoms with van der Waals surface area (Å²) in [6, 6.07) is 0. The number of carbonyl (C=O) groups is 2. The van der Waals surface area contributed by atoms with Crippen LogP contribution in [0.25, 0.3) is 0 Å². The Morgan fingerprint density at radius 1 is 1.65 bits per heavy atom. The fourth-order valence-corrected chi connectivity index (χ4v) is 3.26. The molecule has 5 unspecified atom stereocenters. The summed E-state index contributed by atoms with van der Waals surface area (Å²) in [6.45, 7) is 5.62. The first-order chi connectivity index (χ1) is 8.06. The Hall–Kier alpha value is -1.36. The van der Waals surface area contributed by atoms with E-state index in [1.165, 1.54) is 0 Å². The van der Waals surface area contributed by atoms with Crippen molar-refractivity contribution in [2.24, 2.45) is 11.8 Å². The van der Waals surface area contributed by atoms with Crippen LogP contribution in [0.3, 0.4) is 0 Å². The van der Waals surface area contributed by atoms with Crippen molar-refractivity contribution in [1.29, 1.82) is 0 Å². The van der Waals surface area contributed by atoms with E-state index in [0.717, 1.165) is 6.08 Å². The summed E-state index contributed by atoms with van der Waals surface area (Å²) < 4.78 is 16.2. The zero-order valence-electron chi connectivity index (χ0n) is 9.55. The first-order valence-electron chi connectivity index (χ1n) is 5.74. The van der Waals surface area contributed by atoms with Crippen LogP contribution in [0.1, 0.15) is 13.3 Å². The third-order valence-electron chi connectivity index (χ3n) is 4.16. The molecule has 3 fully saturated rings. The van der Waals surface area contributed by atoms with E-state index in [0.29, 0.717) is 13.0 Å². The van der Waals surface area contributed by atoms with Crippen molar-refractivity contribution in [2.45, 2.75) is 31.2 Å². The van der Waals surface area contributed by atoms with Gasteiger partial charge in [0, 0.05) is 18.4 Å². The molecule has 92 valence electrons. The van der Waals surface area contributed by atoms with Crippen LogP contribution in [0, 0.1) is 11.8 Å². The van der Waals surface area contributed by atoms with Crippen molar-refractivity contribution in [1.82, 2.24) is 0 Å². The second-order valence-electron chi connectivity index (χ2n) is 4.97. The lowest BCUT2D eigenvalue weighted by Gasteiger charge is -2.33. The Morgan fingerprint density at radius 2 is 2.41 bits per heavy atom. The van der Waals surface area contributed by atoms with E-state index in [4.69, 9.17) is 14.2 Å². The molecule has 3 heterocycles. The SMILES string of the molecule is C=CC(=O)OC1CC2OC1(C)C1COC(=O)C21. The minimum Gasteiger partial charge on any atom is -0.465 e. The second-order valence-corrected chi connectivity index (χ2v) is 4.97. The summed E-state index contributed by atoms with van der Waals surface area (Å²) >= 11 is 0. The molecule has 3 aliphatic rings. The van der Waals surface area contributed by atoms with Gasteiger partial charge in [0.2, 0.25) is 0 Å². The number of rotatable bonds is 2. The van der Waals surface area contributed by atoms with Crippen LogP contribution < -0.4 is 0 Å². The lowest BCUT2D eigenvalue weighted by Crippen LogP contribution is -2.47. The van der Waals surface area contributed by atoms with Crippen LogP contribution >= 0.6 is 0 Å². The van der Waals surface area contributed by atoms with Gasteiger partial charge in [0.15, 0.2) is 0 Å². The molecule has 0 aromatic rings. The normalized spacial score (nSPS) is 46.5. The molecule has 5 nitrogen and oxygen atoms in total. The van der Waals surface area contributed by atoms with Crippen LogP contribution in [0.15, 0.2) is 12.7 Å². The fourth-order valence-electron chi connectivity index (χ4n) is 3.26. The Kier molecular flexibility index (Phi) is 2.10. The van der Waals surface area contributed by atoms with Gasteiger partial charge in [-0.3, -0.25) is 4.79 Å². The summed E-state index contributed by atoms with van der Waals surface area (Å²) in [7, 11) is 0. The molecule has 5 atom stereocenters. The van der Waals surface area contributed by atoms with Crippen LogP contribution in [-0.4, -0.2) is 36.4 Å². The quantitative estimate of drug-likeness (QED) is 0.516. The molecular formula is C12H14O5. The largest absolute Gasteiger partial charge is 0.465 e. The van der Waals surface area contributed by atoms with E-state index in [-0.39, 0.29) is 30.0 Å². The highest BCUT2D eigenvalue weighted by Gasteiger charge is 2.68. The average molecular weight is 238 g/mol. The standard InChI is InChI=1S/C12H14O5/c1-3-9(13)16-8-4-7-10-6(5-15-11(10)14)12(8,2)17-7/h3,6-8,10H,1,4-5H2,2H3. The lowest BCUT2D eigenvalue weighted by molar-refractivity contribution is -0.154. The lowest BCUT2D eigenvalue weighted by atomic mass is 9.72. The highest BCUT2D eigenvalue weighted by atomic mass is 16.6. The molecule has 5 heteroatoms. The predicted octanol–water partition coefficient (Wildman–Crippen LogP) is 0.435. The molecule has 17 heavy (non-hydrogen) atoms.